The van der Waals surface area contributed by atoms with Gasteiger partial charge in [0.2, 0.25) is 5.91 Å². The van der Waals surface area contributed by atoms with E-state index in [0.29, 0.717) is 43.2 Å². The molecule has 12 nitrogen and oxygen atoms in total. The van der Waals surface area contributed by atoms with Crippen LogP contribution in [0.25, 0.3) is 22.9 Å². The van der Waals surface area contributed by atoms with Crippen LogP contribution in [-0.2, 0) is 4.79 Å². The average molecular weight is 486 g/mol. The first-order valence-electron chi connectivity index (χ1n) is 11.2. The number of hydrogen-bond acceptors (Lipinski definition) is 9. The van der Waals surface area contributed by atoms with E-state index < -0.39 is 4.92 Å². The molecule has 0 N–H and O–H groups in total. The number of methoxy groups -OCH3 is 1. The molecular weight excluding hydrogens is 464 g/mol. The van der Waals surface area contributed by atoms with Crippen LogP contribution in [0.4, 0.5) is 11.5 Å². The largest absolute Gasteiger partial charge is 0.497 e. The third kappa shape index (κ3) is 4.56. The van der Waals surface area contributed by atoms with Gasteiger partial charge in [-0.25, -0.2) is 9.97 Å². The van der Waals surface area contributed by atoms with Crippen LogP contribution in [0.2, 0.25) is 0 Å². The molecule has 2 aromatic carbocycles. The lowest BCUT2D eigenvalue weighted by molar-refractivity contribution is -0.384. The number of fused-ring (bicyclic) bond motifs is 1. The highest BCUT2D eigenvalue weighted by molar-refractivity contribution is 5.92. The van der Waals surface area contributed by atoms with Gasteiger partial charge < -0.3 is 14.5 Å². The van der Waals surface area contributed by atoms with E-state index in [-0.39, 0.29) is 11.6 Å². The maximum absolute atomic E-state index is 12.7. The second kappa shape index (κ2) is 9.78. The van der Waals surface area contributed by atoms with Crippen LogP contribution in [0.15, 0.2) is 60.9 Å². The maximum atomic E-state index is 12.7. The summed E-state index contributed by atoms with van der Waals surface area (Å²) in [4.78, 5) is 35.6. The molecule has 4 aromatic rings. The summed E-state index contributed by atoms with van der Waals surface area (Å²) in [6, 6.07) is 13.5. The van der Waals surface area contributed by atoms with Crippen molar-refractivity contribution in [2.24, 2.45) is 0 Å². The van der Waals surface area contributed by atoms with E-state index in [2.05, 4.69) is 25.2 Å². The van der Waals surface area contributed by atoms with Gasteiger partial charge in [-0.15, -0.1) is 5.10 Å². The smallest absolute Gasteiger partial charge is 0.269 e. The molecule has 1 aliphatic heterocycles. The molecular formula is C24H22N8O4. The molecule has 5 rings (SSSR count). The van der Waals surface area contributed by atoms with E-state index in [0.717, 1.165) is 17.0 Å². The first kappa shape index (κ1) is 22.9. The van der Waals surface area contributed by atoms with E-state index in [4.69, 9.17) is 4.74 Å². The Balaban J connectivity index is 1.26. The molecule has 0 spiro atoms. The fourth-order valence-corrected chi connectivity index (χ4v) is 3.98. The number of carbonyl (C=O) groups excluding carboxylic acids is 1. The Kier molecular flexibility index (Phi) is 6.22. The molecule has 0 bridgehead atoms. The van der Waals surface area contributed by atoms with E-state index in [1.165, 1.54) is 24.5 Å². The Hall–Kier alpha value is -4.87. The third-order valence-electron chi connectivity index (χ3n) is 5.95. The molecule has 12 heteroatoms. The van der Waals surface area contributed by atoms with Gasteiger partial charge in [0.25, 0.3) is 5.69 Å². The second-order valence-corrected chi connectivity index (χ2v) is 8.06. The topological polar surface area (TPSA) is 132 Å². The predicted molar refractivity (Wildman–Crippen MR) is 132 cm³/mol. The van der Waals surface area contributed by atoms with Gasteiger partial charge in [-0.3, -0.25) is 14.9 Å². The van der Waals surface area contributed by atoms with Crippen LogP contribution in [0, 0.1) is 10.1 Å². The lowest BCUT2D eigenvalue weighted by Gasteiger charge is -2.34. The van der Waals surface area contributed by atoms with Gasteiger partial charge in [0.05, 0.1) is 17.7 Å². The van der Waals surface area contributed by atoms with Crippen molar-refractivity contribution in [2.75, 3.05) is 38.2 Å². The number of benzene rings is 2. The van der Waals surface area contributed by atoms with Crippen molar-refractivity contribution in [3.05, 3.63) is 76.6 Å². The van der Waals surface area contributed by atoms with Crippen LogP contribution in [0.3, 0.4) is 0 Å². The van der Waals surface area contributed by atoms with Crippen molar-refractivity contribution < 1.29 is 14.5 Å². The molecule has 3 heterocycles. The van der Waals surface area contributed by atoms with E-state index >= 15 is 0 Å². The summed E-state index contributed by atoms with van der Waals surface area (Å²) in [7, 11) is 1.61. The Morgan fingerprint density at radius 1 is 1.03 bits per heavy atom. The molecule has 2 aromatic heterocycles. The monoisotopic (exact) mass is 486 g/mol. The molecule has 182 valence electrons. The number of anilines is 1. The summed E-state index contributed by atoms with van der Waals surface area (Å²) in [6.07, 6.45) is 4.63. The molecule has 0 aliphatic carbocycles. The summed E-state index contributed by atoms with van der Waals surface area (Å²) in [5.41, 5.74) is 2.72. The number of aromatic nitrogens is 5. The highest BCUT2D eigenvalue weighted by atomic mass is 16.6. The van der Waals surface area contributed by atoms with Gasteiger partial charge in [-0.2, -0.15) is 4.68 Å². The maximum Gasteiger partial charge on any atom is 0.269 e. The number of nitro benzene ring substituents is 1. The number of amides is 1. The number of ether oxygens (including phenoxy) is 1. The van der Waals surface area contributed by atoms with Gasteiger partial charge in [0.1, 0.15) is 12.1 Å². The second-order valence-electron chi connectivity index (χ2n) is 8.06. The molecule has 0 atom stereocenters. The van der Waals surface area contributed by atoms with Gasteiger partial charge in [-0.05, 0) is 48.0 Å². The SMILES string of the molecule is COc1ccc(-n2nnc3c(N4CCN(C(=O)C=Cc5ccc([N+](=O)[O-])cc5)CC4)ncnc32)cc1. The molecule has 0 unspecified atom stereocenters. The van der Waals surface area contributed by atoms with Gasteiger partial charge in [0.15, 0.2) is 17.0 Å². The molecule has 1 saturated heterocycles. The van der Waals surface area contributed by atoms with Crippen molar-refractivity contribution in [2.45, 2.75) is 0 Å². The number of rotatable bonds is 6. The summed E-state index contributed by atoms with van der Waals surface area (Å²) in [5, 5.41) is 19.4. The molecule has 1 fully saturated rings. The van der Waals surface area contributed by atoms with Crippen LogP contribution in [0.1, 0.15) is 5.56 Å². The van der Waals surface area contributed by atoms with Crippen LogP contribution in [0.5, 0.6) is 5.75 Å². The standard InChI is InChI=1S/C24H22N8O4/c1-36-20-9-7-18(8-10-20)31-24-22(27-28-31)23(25-16-26-24)30-14-12-29(13-15-30)21(33)11-4-17-2-5-19(6-3-17)32(34)35/h2-11,16H,12-15H2,1H3. The lowest BCUT2D eigenvalue weighted by atomic mass is 10.2. The zero-order chi connectivity index (χ0) is 25.1. The third-order valence-corrected chi connectivity index (χ3v) is 5.95. The zero-order valence-electron chi connectivity index (χ0n) is 19.4. The summed E-state index contributed by atoms with van der Waals surface area (Å²) >= 11 is 0. The van der Waals surface area contributed by atoms with Gasteiger partial charge >= 0.3 is 0 Å². The molecule has 36 heavy (non-hydrogen) atoms. The first-order chi connectivity index (χ1) is 17.5. The first-order valence-corrected chi connectivity index (χ1v) is 11.2. The number of nitro groups is 1. The normalized spacial score (nSPS) is 13.9. The minimum absolute atomic E-state index is 0.0115. The van der Waals surface area contributed by atoms with Crippen molar-refractivity contribution >= 4 is 34.7 Å². The zero-order valence-corrected chi connectivity index (χ0v) is 19.4. The predicted octanol–water partition coefficient (Wildman–Crippen LogP) is 2.49. The Bertz CT molecular complexity index is 1430. The van der Waals surface area contributed by atoms with E-state index in [9.17, 15) is 14.9 Å². The number of hydrogen-bond donors (Lipinski definition) is 0. The van der Waals surface area contributed by atoms with Crippen LogP contribution < -0.4 is 9.64 Å². The number of nitrogens with zero attached hydrogens (tertiary/aromatic N) is 8. The number of piperazine rings is 1. The molecule has 1 aliphatic rings. The van der Waals surface area contributed by atoms with Gasteiger partial charge in [0, 0.05) is 44.4 Å². The minimum Gasteiger partial charge on any atom is -0.497 e. The summed E-state index contributed by atoms with van der Waals surface area (Å²) in [6.45, 7) is 2.19. The quantitative estimate of drug-likeness (QED) is 0.229. The Labute approximate surface area is 205 Å². The number of carbonyl (C=O) groups is 1. The fourth-order valence-electron chi connectivity index (χ4n) is 3.98. The molecule has 0 radical (unpaired) electrons. The Morgan fingerprint density at radius 2 is 1.75 bits per heavy atom. The highest BCUT2D eigenvalue weighted by Gasteiger charge is 2.24. The van der Waals surface area contributed by atoms with E-state index in [1.54, 1.807) is 34.9 Å². The van der Waals surface area contributed by atoms with Crippen molar-refractivity contribution in [1.29, 1.82) is 0 Å². The lowest BCUT2D eigenvalue weighted by Crippen LogP contribution is -2.48. The van der Waals surface area contributed by atoms with Gasteiger partial charge in [-0.1, -0.05) is 5.21 Å². The molecule has 1 amide bonds. The summed E-state index contributed by atoms with van der Waals surface area (Å²) < 4.78 is 6.87. The van der Waals surface area contributed by atoms with Crippen LogP contribution in [-0.4, -0.2) is 74.0 Å². The summed E-state index contributed by atoms with van der Waals surface area (Å²) in [5.74, 6) is 1.30. The fraction of sp³-hybridized carbons (Fsp3) is 0.208. The average Bonchev–Trinajstić information content (AvgIpc) is 3.36. The highest BCUT2D eigenvalue weighted by Crippen LogP contribution is 2.24. The minimum atomic E-state index is -0.455. The Morgan fingerprint density at radius 3 is 2.42 bits per heavy atom. The number of non-ortho nitro benzene ring substituents is 1. The van der Waals surface area contributed by atoms with Crippen LogP contribution >= 0.6 is 0 Å². The van der Waals surface area contributed by atoms with Crippen molar-refractivity contribution in [3.8, 4) is 11.4 Å². The van der Waals surface area contributed by atoms with E-state index in [1.807, 2.05) is 24.3 Å². The van der Waals surface area contributed by atoms with Crippen molar-refractivity contribution in [3.63, 3.8) is 0 Å². The molecule has 0 saturated carbocycles. The van der Waals surface area contributed by atoms with Crippen molar-refractivity contribution in [1.82, 2.24) is 29.9 Å².